The van der Waals surface area contributed by atoms with Gasteiger partial charge in [-0.2, -0.15) is 0 Å². The maximum absolute atomic E-state index is 12.9. The monoisotopic (exact) mass is 426 g/mol. The highest BCUT2D eigenvalue weighted by Crippen LogP contribution is 2.30. The van der Waals surface area contributed by atoms with Gasteiger partial charge in [-0.3, -0.25) is 9.59 Å². The van der Waals surface area contributed by atoms with Crippen molar-refractivity contribution in [3.63, 3.8) is 0 Å². The van der Waals surface area contributed by atoms with Crippen molar-refractivity contribution in [1.82, 2.24) is 19.8 Å². The van der Waals surface area contributed by atoms with Crippen molar-refractivity contribution in [2.45, 2.75) is 90.4 Å². The highest BCUT2D eigenvalue weighted by Gasteiger charge is 2.29. The molecule has 0 N–H and O–H groups in total. The van der Waals surface area contributed by atoms with Crippen LogP contribution in [-0.2, 0) is 16.0 Å². The van der Waals surface area contributed by atoms with Gasteiger partial charge < -0.3 is 9.80 Å². The molecule has 0 radical (unpaired) electrons. The molecule has 0 spiro atoms. The van der Waals surface area contributed by atoms with Crippen LogP contribution in [-0.4, -0.2) is 57.8 Å². The second-order valence-electron chi connectivity index (χ2n) is 9.88. The molecule has 0 bridgehead atoms. The van der Waals surface area contributed by atoms with Crippen molar-refractivity contribution in [3.8, 4) is 0 Å². The molecule has 1 atom stereocenters. The van der Waals surface area contributed by atoms with Crippen molar-refractivity contribution in [2.75, 3.05) is 26.2 Å². The van der Waals surface area contributed by atoms with Gasteiger partial charge in [-0.05, 0) is 58.3 Å². The molecule has 1 aliphatic carbocycles. The van der Waals surface area contributed by atoms with Gasteiger partial charge in [-0.25, -0.2) is 9.97 Å². The van der Waals surface area contributed by atoms with Crippen LogP contribution in [0.4, 0.5) is 0 Å². The number of hydrogen-bond donors (Lipinski definition) is 0. The second kappa shape index (κ2) is 10.1. The SMILES string of the molecule is Cc1nc([C@@H]2CCCN(C(=O)CC3CCCCC3)C2)nc(C)c1CC(=O)N1CCCC1. The fourth-order valence-corrected chi connectivity index (χ4v) is 5.62. The maximum Gasteiger partial charge on any atom is 0.227 e. The number of carbonyl (C=O) groups excluding carboxylic acids is 2. The molecule has 0 unspecified atom stereocenters. The van der Waals surface area contributed by atoms with Crippen LogP contribution in [0.15, 0.2) is 0 Å². The highest BCUT2D eigenvalue weighted by atomic mass is 16.2. The smallest absolute Gasteiger partial charge is 0.227 e. The minimum absolute atomic E-state index is 0.192. The quantitative estimate of drug-likeness (QED) is 0.715. The van der Waals surface area contributed by atoms with E-state index in [4.69, 9.17) is 9.97 Å². The van der Waals surface area contributed by atoms with Crippen LogP contribution < -0.4 is 0 Å². The minimum Gasteiger partial charge on any atom is -0.342 e. The average molecular weight is 427 g/mol. The van der Waals surface area contributed by atoms with E-state index in [9.17, 15) is 9.59 Å². The second-order valence-corrected chi connectivity index (χ2v) is 9.88. The molecule has 3 fully saturated rings. The van der Waals surface area contributed by atoms with Gasteiger partial charge in [-0.1, -0.05) is 19.3 Å². The first-order valence-corrected chi connectivity index (χ1v) is 12.4. The number of hydrogen-bond acceptors (Lipinski definition) is 4. The van der Waals surface area contributed by atoms with E-state index in [0.29, 0.717) is 24.7 Å². The van der Waals surface area contributed by atoms with Crippen molar-refractivity contribution < 1.29 is 9.59 Å². The van der Waals surface area contributed by atoms with Crippen LogP contribution >= 0.6 is 0 Å². The lowest BCUT2D eigenvalue weighted by Gasteiger charge is -2.34. The fourth-order valence-electron chi connectivity index (χ4n) is 5.62. The van der Waals surface area contributed by atoms with Crippen LogP contribution in [0.1, 0.15) is 92.9 Å². The molecule has 3 heterocycles. The lowest BCUT2D eigenvalue weighted by atomic mass is 9.86. The molecule has 170 valence electrons. The van der Waals surface area contributed by atoms with Gasteiger partial charge in [-0.15, -0.1) is 0 Å². The number of likely N-dealkylation sites (tertiary alicyclic amines) is 2. The largest absolute Gasteiger partial charge is 0.342 e. The molecule has 6 heteroatoms. The van der Waals surface area contributed by atoms with Crippen LogP contribution in [0, 0.1) is 19.8 Å². The number of piperidine rings is 1. The summed E-state index contributed by atoms with van der Waals surface area (Å²) in [6.07, 6.45) is 11.7. The Bertz CT molecular complexity index is 774. The van der Waals surface area contributed by atoms with Crippen LogP contribution in [0.3, 0.4) is 0 Å². The Morgan fingerprint density at radius 1 is 0.806 bits per heavy atom. The molecule has 4 rings (SSSR count). The number of nitrogens with zero attached hydrogens (tertiary/aromatic N) is 4. The molecular formula is C25H38N4O2. The molecule has 6 nitrogen and oxygen atoms in total. The van der Waals surface area contributed by atoms with E-state index in [1.54, 1.807) is 0 Å². The first kappa shape index (κ1) is 22.2. The third-order valence-electron chi connectivity index (χ3n) is 7.55. The third-order valence-corrected chi connectivity index (χ3v) is 7.55. The summed E-state index contributed by atoms with van der Waals surface area (Å²) in [5.74, 6) is 2.14. The molecule has 1 aromatic rings. The van der Waals surface area contributed by atoms with Crippen molar-refractivity contribution in [2.24, 2.45) is 5.92 Å². The molecule has 3 aliphatic rings. The maximum atomic E-state index is 12.9. The van der Waals surface area contributed by atoms with Crippen molar-refractivity contribution in [1.29, 1.82) is 0 Å². The van der Waals surface area contributed by atoms with E-state index in [2.05, 4.69) is 4.90 Å². The Labute approximate surface area is 186 Å². The predicted molar refractivity (Wildman–Crippen MR) is 121 cm³/mol. The van der Waals surface area contributed by atoms with Crippen LogP contribution in [0.5, 0.6) is 0 Å². The summed E-state index contributed by atoms with van der Waals surface area (Å²) in [6.45, 7) is 7.35. The zero-order chi connectivity index (χ0) is 21.8. The van der Waals surface area contributed by atoms with Gasteiger partial charge >= 0.3 is 0 Å². The molecule has 2 saturated heterocycles. The molecule has 31 heavy (non-hydrogen) atoms. The standard InChI is InChI=1S/C25H38N4O2/c1-18-22(16-24(31)28-12-6-7-13-28)19(2)27-25(26-18)21-11-8-14-29(17-21)23(30)15-20-9-4-3-5-10-20/h20-21H,3-17H2,1-2H3/t21-/m1/s1. The molecule has 1 saturated carbocycles. The van der Waals surface area contributed by atoms with E-state index < -0.39 is 0 Å². The Hall–Kier alpha value is -1.98. The fraction of sp³-hybridized carbons (Fsp3) is 0.760. The zero-order valence-corrected chi connectivity index (χ0v) is 19.4. The molecule has 2 amide bonds. The first-order valence-electron chi connectivity index (χ1n) is 12.4. The Kier molecular flexibility index (Phi) is 7.24. The van der Waals surface area contributed by atoms with Gasteiger partial charge in [0, 0.05) is 55.5 Å². The zero-order valence-electron chi connectivity index (χ0n) is 19.4. The third kappa shape index (κ3) is 5.45. The predicted octanol–water partition coefficient (Wildman–Crippen LogP) is 3.93. The molecule has 1 aromatic heterocycles. The summed E-state index contributed by atoms with van der Waals surface area (Å²) in [7, 11) is 0. The van der Waals surface area contributed by atoms with E-state index in [0.717, 1.165) is 74.6 Å². The van der Waals surface area contributed by atoms with Gasteiger partial charge in [0.1, 0.15) is 5.82 Å². The summed E-state index contributed by atoms with van der Waals surface area (Å²) >= 11 is 0. The normalized spacial score (nSPS) is 22.7. The van der Waals surface area contributed by atoms with Gasteiger partial charge in [0.2, 0.25) is 11.8 Å². The number of amides is 2. The summed E-state index contributed by atoms with van der Waals surface area (Å²) in [6, 6.07) is 0. The summed E-state index contributed by atoms with van der Waals surface area (Å²) in [5, 5.41) is 0. The number of carbonyl (C=O) groups is 2. The van der Waals surface area contributed by atoms with Crippen molar-refractivity contribution in [3.05, 3.63) is 22.8 Å². The van der Waals surface area contributed by atoms with Crippen LogP contribution in [0.25, 0.3) is 0 Å². The van der Waals surface area contributed by atoms with Gasteiger partial charge in [0.25, 0.3) is 0 Å². The Morgan fingerprint density at radius 3 is 2.13 bits per heavy atom. The first-order chi connectivity index (χ1) is 15.0. The van der Waals surface area contributed by atoms with Crippen LogP contribution in [0.2, 0.25) is 0 Å². The highest BCUT2D eigenvalue weighted by molar-refractivity contribution is 5.79. The summed E-state index contributed by atoms with van der Waals surface area (Å²) < 4.78 is 0. The molecular weight excluding hydrogens is 388 g/mol. The number of rotatable bonds is 5. The average Bonchev–Trinajstić information content (AvgIpc) is 3.32. The lowest BCUT2D eigenvalue weighted by molar-refractivity contribution is -0.133. The summed E-state index contributed by atoms with van der Waals surface area (Å²) in [5.41, 5.74) is 2.81. The molecule has 2 aliphatic heterocycles. The van der Waals surface area contributed by atoms with E-state index >= 15 is 0 Å². The molecule has 0 aromatic carbocycles. The van der Waals surface area contributed by atoms with E-state index in [1.165, 1.54) is 32.1 Å². The van der Waals surface area contributed by atoms with Gasteiger partial charge in [0.15, 0.2) is 0 Å². The lowest BCUT2D eigenvalue weighted by Crippen LogP contribution is -2.40. The Morgan fingerprint density at radius 2 is 1.45 bits per heavy atom. The number of aryl methyl sites for hydroxylation is 2. The summed E-state index contributed by atoms with van der Waals surface area (Å²) in [4.78, 5) is 39.2. The van der Waals surface area contributed by atoms with Crippen molar-refractivity contribution >= 4 is 11.8 Å². The number of aromatic nitrogens is 2. The van der Waals surface area contributed by atoms with Gasteiger partial charge in [0.05, 0.1) is 6.42 Å². The minimum atomic E-state index is 0.192. The van der Waals surface area contributed by atoms with E-state index in [1.807, 2.05) is 18.7 Å². The Balaban J connectivity index is 1.40. The topological polar surface area (TPSA) is 66.4 Å². The van der Waals surface area contributed by atoms with E-state index in [-0.39, 0.29) is 11.8 Å².